The molecule has 1 unspecified atom stereocenters. The molecule has 2 saturated heterocycles. The fourth-order valence-electron chi connectivity index (χ4n) is 5.50. The number of piperidine rings is 2. The second-order valence-corrected chi connectivity index (χ2v) is 9.87. The van der Waals surface area contributed by atoms with Crippen LogP contribution in [0.2, 0.25) is 0 Å². The van der Waals surface area contributed by atoms with Crippen molar-refractivity contribution in [1.29, 1.82) is 0 Å². The monoisotopic (exact) mass is 485 g/mol. The molecule has 2 aromatic rings. The molecule has 0 aliphatic carbocycles. The Kier molecular flexibility index (Phi) is 8.75. The van der Waals surface area contributed by atoms with Gasteiger partial charge in [0.05, 0.1) is 17.1 Å². The van der Waals surface area contributed by atoms with Gasteiger partial charge >= 0.3 is 5.69 Å². The summed E-state index contributed by atoms with van der Waals surface area (Å²) in [4.78, 5) is 39.3. The third kappa shape index (κ3) is 5.85. The van der Waals surface area contributed by atoms with Gasteiger partial charge in [0.15, 0.2) is 0 Å². The molecular weight excluding hydrogens is 446 g/mol. The highest BCUT2D eigenvalue weighted by Gasteiger charge is 2.27. The molecule has 9 nitrogen and oxygen atoms in total. The third-order valence-corrected chi connectivity index (χ3v) is 7.56. The number of likely N-dealkylation sites (tertiary alicyclic amines) is 1. The minimum Gasteiger partial charge on any atom is -0.378 e. The number of carbonyl (C=O) groups excluding carboxylic acids is 2. The van der Waals surface area contributed by atoms with Crippen molar-refractivity contribution in [3.8, 4) is 0 Å². The number of aryl methyl sites for hydroxylation is 1. The first-order valence-electron chi connectivity index (χ1n) is 12.9. The van der Waals surface area contributed by atoms with Gasteiger partial charge in [-0.15, -0.1) is 0 Å². The standard InChI is InChI=1S/C26H39N5O4/c1-27-25(33)23(7-4-16-32)31-22-6-3-5-20(24(22)29(2)26(31)34)17-30-14-10-19(11-15-30)18-35-21-8-12-28-13-9-21/h3,5-6,16,19,21,23,28H,4,7-15,17-18H2,1-2H3,(H,27,33). The summed E-state index contributed by atoms with van der Waals surface area (Å²) in [5, 5.41) is 6.03. The highest BCUT2D eigenvalue weighted by molar-refractivity contribution is 5.85. The van der Waals surface area contributed by atoms with E-state index in [0.717, 1.165) is 87.9 Å². The predicted molar refractivity (Wildman–Crippen MR) is 135 cm³/mol. The van der Waals surface area contributed by atoms with E-state index in [1.165, 1.54) is 0 Å². The maximum absolute atomic E-state index is 13.2. The number of hydrogen-bond acceptors (Lipinski definition) is 6. The van der Waals surface area contributed by atoms with Crippen LogP contribution in [0, 0.1) is 5.92 Å². The summed E-state index contributed by atoms with van der Waals surface area (Å²) in [5.74, 6) is 0.342. The number of ether oxygens (including phenoxy) is 1. The number of nitrogens with one attached hydrogen (secondary N) is 2. The summed E-state index contributed by atoms with van der Waals surface area (Å²) >= 11 is 0. The van der Waals surface area contributed by atoms with Gasteiger partial charge in [-0.2, -0.15) is 0 Å². The quantitative estimate of drug-likeness (QED) is 0.496. The molecule has 9 heteroatoms. The molecule has 1 aromatic carbocycles. The molecule has 2 fully saturated rings. The molecule has 1 aromatic heterocycles. The molecule has 0 saturated carbocycles. The van der Waals surface area contributed by atoms with Gasteiger partial charge in [0.2, 0.25) is 5.91 Å². The van der Waals surface area contributed by atoms with E-state index in [0.29, 0.717) is 18.4 Å². The van der Waals surface area contributed by atoms with Crippen molar-refractivity contribution >= 4 is 23.2 Å². The first-order valence-corrected chi connectivity index (χ1v) is 12.9. The van der Waals surface area contributed by atoms with Gasteiger partial charge in [0, 0.05) is 33.7 Å². The molecular formula is C26H39N5O4. The number of likely N-dealkylation sites (N-methyl/N-ethyl adjacent to an activating group) is 1. The third-order valence-electron chi connectivity index (χ3n) is 7.56. The molecule has 2 aliphatic rings. The number of benzene rings is 1. The van der Waals surface area contributed by atoms with Crippen LogP contribution in [0.3, 0.4) is 0 Å². The Morgan fingerprint density at radius 3 is 2.66 bits per heavy atom. The van der Waals surface area contributed by atoms with E-state index < -0.39 is 6.04 Å². The van der Waals surface area contributed by atoms with Crippen molar-refractivity contribution in [2.45, 2.75) is 57.2 Å². The lowest BCUT2D eigenvalue weighted by Crippen LogP contribution is -2.37. The van der Waals surface area contributed by atoms with E-state index in [4.69, 9.17) is 4.74 Å². The Labute approximate surface area is 206 Å². The molecule has 1 amide bonds. The smallest absolute Gasteiger partial charge is 0.329 e. The average Bonchev–Trinajstić information content (AvgIpc) is 3.15. The number of amides is 1. The van der Waals surface area contributed by atoms with Crippen LogP contribution in [0.25, 0.3) is 11.0 Å². The number of carbonyl (C=O) groups is 2. The molecule has 4 rings (SSSR count). The molecule has 1 atom stereocenters. The van der Waals surface area contributed by atoms with Crippen LogP contribution in [0.4, 0.5) is 0 Å². The van der Waals surface area contributed by atoms with Crippen LogP contribution in [-0.4, -0.2) is 72.2 Å². The zero-order valence-electron chi connectivity index (χ0n) is 21.0. The van der Waals surface area contributed by atoms with E-state index in [2.05, 4.69) is 21.6 Å². The SMILES string of the molecule is CNC(=O)C(CCC=O)n1c(=O)n(C)c2c(CN3CCC(COC4CCNCC4)CC3)cccc21. The second kappa shape index (κ2) is 12.0. The largest absolute Gasteiger partial charge is 0.378 e. The normalized spacial score (nSPS) is 19.1. The van der Waals surface area contributed by atoms with Crippen LogP contribution >= 0.6 is 0 Å². The number of aromatic nitrogens is 2. The van der Waals surface area contributed by atoms with E-state index >= 15 is 0 Å². The van der Waals surface area contributed by atoms with Gasteiger partial charge in [0.1, 0.15) is 12.3 Å². The lowest BCUT2D eigenvalue weighted by atomic mass is 9.97. The Morgan fingerprint density at radius 2 is 1.97 bits per heavy atom. The number of nitrogens with zero attached hydrogens (tertiary/aromatic N) is 3. The molecule has 0 radical (unpaired) electrons. The summed E-state index contributed by atoms with van der Waals surface area (Å²) in [6.07, 6.45) is 6.15. The topological polar surface area (TPSA) is 97.6 Å². The van der Waals surface area contributed by atoms with Crippen molar-refractivity contribution in [3.63, 3.8) is 0 Å². The number of imidazole rings is 1. The number of hydrogen-bond donors (Lipinski definition) is 2. The van der Waals surface area contributed by atoms with Crippen LogP contribution in [-0.2, 0) is 27.9 Å². The maximum Gasteiger partial charge on any atom is 0.329 e. The highest BCUT2D eigenvalue weighted by atomic mass is 16.5. The van der Waals surface area contributed by atoms with E-state index in [1.807, 2.05) is 12.1 Å². The lowest BCUT2D eigenvalue weighted by Gasteiger charge is -2.33. The van der Waals surface area contributed by atoms with Crippen LogP contribution in [0.15, 0.2) is 23.0 Å². The number of rotatable bonds is 10. The summed E-state index contributed by atoms with van der Waals surface area (Å²) in [5.41, 5.74) is 2.44. The van der Waals surface area contributed by atoms with E-state index in [1.54, 1.807) is 23.2 Å². The summed E-state index contributed by atoms with van der Waals surface area (Å²) < 4.78 is 9.38. The van der Waals surface area contributed by atoms with Crippen LogP contribution in [0.1, 0.15) is 50.1 Å². The van der Waals surface area contributed by atoms with E-state index in [9.17, 15) is 14.4 Å². The van der Waals surface area contributed by atoms with Crippen molar-refractivity contribution in [2.75, 3.05) is 39.8 Å². The lowest BCUT2D eigenvalue weighted by molar-refractivity contribution is -0.124. The highest BCUT2D eigenvalue weighted by Crippen LogP contribution is 2.26. The second-order valence-electron chi connectivity index (χ2n) is 9.87. The minimum absolute atomic E-state index is 0.219. The first kappa shape index (κ1) is 25.6. The number of para-hydroxylation sites is 1. The van der Waals surface area contributed by atoms with Crippen molar-refractivity contribution in [2.24, 2.45) is 13.0 Å². The van der Waals surface area contributed by atoms with Gasteiger partial charge in [0.25, 0.3) is 0 Å². The van der Waals surface area contributed by atoms with Gasteiger partial charge in [-0.3, -0.25) is 18.8 Å². The Morgan fingerprint density at radius 1 is 1.23 bits per heavy atom. The molecule has 2 aliphatic heterocycles. The fourth-order valence-corrected chi connectivity index (χ4v) is 5.50. The van der Waals surface area contributed by atoms with Crippen LogP contribution in [0.5, 0.6) is 0 Å². The molecule has 2 N–H and O–H groups in total. The number of aldehydes is 1. The van der Waals surface area contributed by atoms with Crippen LogP contribution < -0.4 is 16.3 Å². The molecule has 0 spiro atoms. The van der Waals surface area contributed by atoms with Gasteiger partial charge in [-0.25, -0.2) is 4.79 Å². The summed E-state index contributed by atoms with van der Waals surface area (Å²) in [7, 11) is 3.31. The number of fused-ring (bicyclic) bond motifs is 1. The van der Waals surface area contributed by atoms with Crippen molar-refractivity contribution < 1.29 is 14.3 Å². The fraction of sp³-hybridized carbons (Fsp3) is 0.654. The van der Waals surface area contributed by atoms with Gasteiger partial charge < -0.3 is 20.2 Å². The Balaban J connectivity index is 1.46. The minimum atomic E-state index is -0.715. The molecule has 0 bridgehead atoms. The average molecular weight is 486 g/mol. The molecule has 192 valence electrons. The zero-order valence-corrected chi connectivity index (χ0v) is 21.0. The molecule has 35 heavy (non-hydrogen) atoms. The first-order chi connectivity index (χ1) is 17.0. The maximum atomic E-state index is 13.2. The Bertz CT molecular complexity index is 1060. The summed E-state index contributed by atoms with van der Waals surface area (Å²) in [6, 6.07) is 5.20. The summed E-state index contributed by atoms with van der Waals surface area (Å²) in [6.45, 7) is 5.74. The predicted octanol–water partition coefficient (Wildman–Crippen LogP) is 1.59. The molecule has 3 heterocycles. The van der Waals surface area contributed by atoms with Gasteiger partial charge in [-0.1, -0.05) is 12.1 Å². The van der Waals surface area contributed by atoms with Gasteiger partial charge in [-0.05, 0) is 75.8 Å². The van der Waals surface area contributed by atoms with E-state index in [-0.39, 0.29) is 18.0 Å². The Hall–Kier alpha value is -2.49. The van der Waals surface area contributed by atoms with Crippen molar-refractivity contribution in [1.82, 2.24) is 24.7 Å². The van der Waals surface area contributed by atoms with Crippen molar-refractivity contribution in [3.05, 3.63) is 34.2 Å². The zero-order chi connectivity index (χ0) is 24.8.